The summed E-state index contributed by atoms with van der Waals surface area (Å²) >= 11 is 6.37. The van der Waals surface area contributed by atoms with E-state index in [1.807, 2.05) is 0 Å². The zero-order valence-electron chi connectivity index (χ0n) is 23.3. The molecule has 0 saturated heterocycles. The summed E-state index contributed by atoms with van der Waals surface area (Å²) in [6.45, 7) is 1.65. The smallest absolute Gasteiger partial charge is 0.419 e. The van der Waals surface area contributed by atoms with Crippen LogP contribution in [-0.2, 0) is 31.8 Å². The number of halogens is 4. The van der Waals surface area contributed by atoms with Gasteiger partial charge in [0.05, 0.1) is 52.2 Å². The largest absolute Gasteiger partial charge is 0.497 e. The number of para-hydroxylation sites is 1. The van der Waals surface area contributed by atoms with Gasteiger partial charge in [0.25, 0.3) is 5.91 Å². The normalized spacial score (nSPS) is 16.9. The molecule has 1 aliphatic heterocycles. The fourth-order valence-electron chi connectivity index (χ4n) is 4.85. The average Bonchev–Trinajstić information content (AvgIpc) is 3.06. The van der Waals surface area contributed by atoms with Gasteiger partial charge >= 0.3 is 12.1 Å². The van der Waals surface area contributed by atoms with Crippen LogP contribution in [0.3, 0.4) is 0 Å². The zero-order valence-corrected chi connectivity index (χ0v) is 24.0. The van der Waals surface area contributed by atoms with Crippen LogP contribution < -0.4 is 19.1 Å². The summed E-state index contributed by atoms with van der Waals surface area (Å²) in [5, 5.41) is 0.256. The minimum Gasteiger partial charge on any atom is -0.497 e. The second-order valence-corrected chi connectivity index (χ2v) is 9.68. The van der Waals surface area contributed by atoms with Crippen molar-refractivity contribution in [3.63, 3.8) is 0 Å². The molecule has 42 heavy (non-hydrogen) atoms. The lowest BCUT2D eigenvalue weighted by molar-refractivity contribution is -0.151. The molecular formula is C30H29ClF3NO7. The molecule has 1 aliphatic rings. The number of alkyl halides is 3. The standard InChI is InChI=1S/C30H29ClF3NO7/c1-5-41-26(36)15-25-29(37)35(16-17-9-11-19(38-2)14-24(17)39-3)23-12-10-18(31)13-21(23)27(42-25)20-7-6-8-22(28(20)40-4)30(32,33)34/h6-14,25,27H,5,15-16H2,1-4H3/t25-,27-/m1/s1. The Labute approximate surface area is 245 Å². The van der Waals surface area contributed by atoms with Crippen LogP contribution in [0.5, 0.6) is 17.2 Å². The summed E-state index contributed by atoms with van der Waals surface area (Å²) in [7, 11) is 4.10. The molecule has 8 nitrogen and oxygen atoms in total. The van der Waals surface area contributed by atoms with Gasteiger partial charge in [-0.15, -0.1) is 0 Å². The second kappa shape index (κ2) is 12.9. The lowest BCUT2D eigenvalue weighted by atomic mass is 9.96. The Bertz CT molecular complexity index is 1460. The van der Waals surface area contributed by atoms with Crippen molar-refractivity contribution >= 4 is 29.2 Å². The topological polar surface area (TPSA) is 83.5 Å². The maximum absolute atomic E-state index is 14.1. The summed E-state index contributed by atoms with van der Waals surface area (Å²) in [5.41, 5.74) is 0.191. The van der Waals surface area contributed by atoms with Crippen molar-refractivity contribution in [3.8, 4) is 17.2 Å². The van der Waals surface area contributed by atoms with Crippen LogP contribution in [0, 0.1) is 0 Å². The predicted octanol–water partition coefficient (Wildman–Crippen LogP) is 6.36. The van der Waals surface area contributed by atoms with E-state index in [2.05, 4.69) is 0 Å². The quantitative estimate of drug-likeness (QED) is 0.262. The molecule has 0 radical (unpaired) electrons. The van der Waals surface area contributed by atoms with Crippen molar-refractivity contribution in [1.29, 1.82) is 0 Å². The fraction of sp³-hybridized carbons (Fsp3) is 0.333. The first kappa shape index (κ1) is 31.0. The molecule has 0 bridgehead atoms. The molecule has 0 saturated carbocycles. The SMILES string of the molecule is CCOC(=O)C[C@H]1O[C@H](c2cccc(C(F)(F)F)c2OC)c2cc(Cl)ccc2N(Cc2ccc(OC)cc2OC)C1=O. The number of amides is 1. The summed E-state index contributed by atoms with van der Waals surface area (Å²) in [5.74, 6) is -0.839. The Kier molecular flexibility index (Phi) is 9.53. The Balaban J connectivity index is 1.93. The van der Waals surface area contributed by atoms with E-state index in [0.29, 0.717) is 28.3 Å². The van der Waals surface area contributed by atoms with Crippen LogP contribution >= 0.6 is 11.6 Å². The van der Waals surface area contributed by atoms with Gasteiger partial charge in [-0.1, -0.05) is 23.7 Å². The summed E-state index contributed by atoms with van der Waals surface area (Å²) in [4.78, 5) is 28.1. The molecule has 224 valence electrons. The molecule has 1 heterocycles. The van der Waals surface area contributed by atoms with Gasteiger partial charge in [0.2, 0.25) is 0 Å². The first-order valence-electron chi connectivity index (χ1n) is 12.9. The van der Waals surface area contributed by atoms with E-state index >= 15 is 0 Å². The maximum Gasteiger partial charge on any atom is 0.419 e. The third-order valence-electron chi connectivity index (χ3n) is 6.72. The Morgan fingerprint density at radius 2 is 1.76 bits per heavy atom. The second-order valence-electron chi connectivity index (χ2n) is 9.25. The summed E-state index contributed by atoms with van der Waals surface area (Å²) in [6.07, 6.45) is -7.92. The van der Waals surface area contributed by atoms with Crippen LogP contribution in [-0.4, -0.2) is 45.9 Å². The number of ether oxygens (including phenoxy) is 5. The van der Waals surface area contributed by atoms with Gasteiger partial charge in [0.15, 0.2) is 0 Å². The van der Waals surface area contributed by atoms with E-state index in [0.717, 1.165) is 13.2 Å². The van der Waals surface area contributed by atoms with E-state index in [-0.39, 0.29) is 23.7 Å². The highest BCUT2D eigenvalue weighted by Crippen LogP contribution is 2.47. The van der Waals surface area contributed by atoms with Gasteiger partial charge in [-0.2, -0.15) is 13.2 Å². The number of rotatable bonds is 9. The lowest BCUT2D eigenvalue weighted by Gasteiger charge is -2.26. The highest BCUT2D eigenvalue weighted by atomic mass is 35.5. The van der Waals surface area contributed by atoms with E-state index in [1.165, 1.54) is 37.3 Å². The molecule has 0 unspecified atom stereocenters. The van der Waals surface area contributed by atoms with Crippen LogP contribution in [0.2, 0.25) is 5.02 Å². The molecule has 0 fully saturated rings. The number of benzene rings is 3. The van der Waals surface area contributed by atoms with Crippen molar-refractivity contribution in [2.24, 2.45) is 0 Å². The Morgan fingerprint density at radius 3 is 2.40 bits per heavy atom. The molecular weight excluding hydrogens is 579 g/mol. The molecule has 0 aliphatic carbocycles. The molecule has 3 aromatic rings. The molecule has 1 amide bonds. The number of carbonyl (C=O) groups is 2. The van der Waals surface area contributed by atoms with Gasteiger partial charge in [0, 0.05) is 27.8 Å². The third kappa shape index (κ3) is 6.42. The third-order valence-corrected chi connectivity index (χ3v) is 6.96. The number of hydrogen-bond acceptors (Lipinski definition) is 7. The fourth-order valence-corrected chi connectivity index (χ4v) is 5.03. The number of anilines is 1. The lowest BCUT2D eigenvalue weighted by Crippen LogP contribution is -2.40. The monoisotopic (exact) mass is 607 g/mol. The van der Waals surface area contributed by atoms with Crippen LogP contribution in [0.15, 0.2) is 54.6 Å². The number of hydrogen-bond donors (Lipinski definition) is 0. The molecule has 0 aromatic heterocycles. The van der Waals surface area contributed by atoms with Crippen LogP contribution in [0.4, 0.5) is 18.9 Å². The number of carbonyl (C=O) groups excluding carboxylic acids is 2. The van der Waals surface area contributed by atoms with Gasteiger partial charge in [-0.05, 0) is 43.3 Å². The van der Waals surface area contributed by atoms with E-state index < -0.39 is 48.0 Å². The van der Waals surface area contributed by atoms with Crippen molar-refractivity contribution in [2.75, 3.05) is 32.8 Å². The molecule has 2 atom stereocenters. The maximum atomic E-state index is 14.1. The number of nitrogens with zero attached hydrogens (tertiary/aromatic N) is 1. The minimum absolute atomic E-state index is 0.00128. The van der Waals surface area contributed by atoms with Crippen LogP contribution in [0.1, 0.15) is 41.7 Å². The van der Waals surface area contributed by atoms with Gasteiger partial charge in [-0.25, -0.2) is 0 Å². The van der Waals surface area contributed by atoms with Crippen LogP contribution in [0.25, 0.3) is 0 Å². The summed E-state index contributed by atoms with van der Waals surface area (Å²) in [6, 6.07) is 13.3. The van der Waals surface area contributed by atoms with E-state index in [1.54, 1.807) is 37.3 Å². The average molecular weight is 608 g/mol. The Morgan fingerprint density at radius 1 is 1.00 bits per heavy atom. The van der Waals surface area contributed by atoms with E-state index in [9.17, 15) is 22.8 Å². The number of esters is 1. The molecule has 12 heteroatoms. The number of methoxy groups -OCH3 is 3. The molecule has 4 rings (SSSR count). The summed E-state index contributed by atoms with van der Waals surface area (Å²) < 4.78 is 69.2. The zero-order chi connectivity index (χ0) is 30.6. The van der Waals surface area contributed by atoms with Gasteiger partial charge in [-0.3, -0.25) is 9.59 Å². The molecule has 3 aromatic carbocycles. The Hall–Kier alpha value is -3.96. The highest BCUT2D eigenvalue weighted by Gasteiger charge is 2.42. The van der Waals surface area contributed by atoms with Crippen molar-refractivity contribution in [1.82, 2.24) is 0 Å². The van der Waals surface area contributed by atoms with Crippen molar-refractivity contribution in [3.05, 3.63) is 81.9 Å². The minimum atomic E-state index is -4.74. The van der Waals surface area contributed by atoms with Gasteiger partial charge < -0.3 is 28.6 Å². The molecule has 0 N–H and O–H groups in total. The van der Waals surface area contributed by atoms with Crippen molar-refractivity contribution < 1.29 is 46.4 Å². The van der Waals surface area contributed by atoms with E-state index in [4.69, 9.17) is 35.3 Å². The predicted molar refractivity (Wildman–Crippen MR) is 148 cm³/mol. The first-order chi connectivity index (χ1) is 20.0. The molecule has 0 spiro atoms. The van der Waals surface area contributed by atoms with Gasteiger partial charge in [0.1, 0.15) is 29.5 Å². The first-order valence-corrected chi connectivity index (χ1v) is 13.3. The van der Waals surface area contributed by atoms with Crippen molar-refractivity contribution in [2.45, 2.75) is 38.3 Å². The number of fused-ring (bicyclic) bond motifs is 1. The highest BCUT2D eigenvalue weighted by molar-refractivity contribution is 6.30.